The number of hydrogen-bond acceptors (Lipinski definition) is 3. The van der Waals surface area contributed by atoms with Crippen LogP contribution in [-0.2, 0) is 16.6 Å². The third-order valence-electron chi connectivity index (χ3n) is 4.17. The summed E-state index contributed by atoms with van der Waals surface area (Å²) < 4.78 is 27.7. The van der Waals surface area contributed by atoms with Crippen LogP contribution in [0.15, 0.2) is 23.1 Å². The summed E-state index contributed by atoms with van der Waals surface area (Å²) in [5.74, 6) is 0.383. The fraction of sp³-hybridized carbons (Fsp3) is 0.600. The molecular formula is C15H22ClNO3S. The molecule has 4 nitrogen and oxygen atoms in total. The lowest BCUT2D eigenvalue weighted by Crippen LogP contribution is -2.39. The molecule has 0 saturated heterocycles. The molecule has 1 aliphatic carbocycles. The number of aliphatic hydroxyl groups is 1. The van der Waals surface area contributed by atoms with Gasteiger partial charge in [-0.2, -0.15) is 0 Å². The molecule has 1 saturated carbocycles. The van der Waals surface area contributed by atoms with Crippen LogP contribution in [0.4, 0.5) is 0 Å². The summed E-state index contributed by atoms with van der Waals surface area (Å²) in [4.78, 5) is 0.0402. The highest BCUT2D eigenvalue weighted by atomic mass is 35.5. The predicted octanol–water partition coefficient (Wildman–Crippen LogP) is 3.08. The molecule has 0 aliphatic heterocycles. The van der Waals surface area contributed by atoms with E-state index < -0.39 is 10.0 Å². The molecule has 0 bridgehead atoms. The largest absolute Gasteiger partial charge is 0.392 e. The maximum absolute atomic E-state index is 12.5. The lowest BCUT2D eigenvalue weighted by Gasteiger charge is -2.28. The van der Waals surface area contributed by atoms with E-state index in [2.05, 4.69) is 4.72 Å². The van der Waals surface area contributed by atoms with Crippen molar-refractivity contribution in [2.24, 2.45) is 5.92 Å². The minimum absolute atomic E-state index is 0.0402. The number of halogens is 1. The second kappa shape index (κ2) is 7.09. The highest BCUT2D eigenvalue weighted by molar-refractivity contribution is 7.89. The van der Waals surface area contributed by atoms with Crippen molar-refractivity contribution in [3.63, 3.8) is 0 Å². The second-order valence-corrected chi connectivity index (χ2v) is 7.82. The number of nitrogens with one attached hydrogen (secondary N) is 1. The number of aliphatic hydroxyl groups excluding tert-OH is 1. The number of benzene rings is 1. The van der Waals surface area contributed by atoms with Crippen LogP contribution in [0.3, 0.4) is 0 Å². The van der Waals surface area contributed by atoms with E-state index >= 15 is 0 Å². The van der Waals surface area contributed by atoms with Crippen LogP contribution in [-0.4, -0.2) is 19.6 Å². The predicted molar refractivity (Wildman–Crippen MR) is 83.7 cm³/mol. The molecule has 6 heteroatoms. The molecule has 0 amide bonds. The first-order valence-electron chi connectivity index (χ1n) is 7.35. The summed E-state index contributed by atoms with van der Waals surface area (Å²) in [6.07, 6.45) is 5.69. The first kappa shape index (κ1) is 16.7. The first-order chi connectivity index (χ1) is 9.94. The van der Waals surface area contributed by atoms with Crippen molar-refractivity contribution < 1.29 is 13.5 Å². The minimum atomic E-state index is -3.67. The Labute approximate surface area is 131 Å². The van der Waals surface area contributed by atoms with Gasteiger partial charge in [0.2, 0.25) is 10.0 Å². The van der Waals surface area contributed by atoms with Gasteiger partial charge >= 0.3 is 0 Å². The monoisotopic (exact) mass is 331 g/mol. The molecule has 1 aromatic carbocycles. The summed E-state index contributed by atoms with van der Waals surface area (Å²) >= 11 is 6.01. The molecule has 0 aromatic heterocycles. The molecule has 1 aliphatic rings. The molecule has 1 atom stereocenters. The SMILES string of the molecule is CC(NS(=O)(=O)c1cc(CO)ccc1Cl)C1CCCCC1. The Bertz CT molecular complexity index is 583. The van der Waals surface area contributed by atoms with E-state index in [0.29, 0.717) is 11.5 Å². The Morgan fingerprint density at radius 2 is 2.00 bits per heavy atom. The molecule has 2 rings (SSSR count). The molecule has 1 aromatic rings. The zero-order valence-electron chi connectivity index (χ0n) is 12.2. The summed E-state index contributed by atoms with van der Waals surface area (Å²) in [6, 6.07) is 4.45. The second-order valence-electron chi connectivity index (χ2n) is 5.73. The number of hydrogen-bond donors (Lipinski definition) is 2. The fourth-order valence-electron chi connectivity index (χ4n) is 2.89. The molecule has 1 unspecified atom stereocenters. The average molecular weight is 332 g/mol. The van der Waals surface area contributed by atoms with Gasteiger partial charge in [-0.1, -0.05) is 36.9 Å². The zero-order chi connectivity index (χ0) is 15.5. The van der Waals surface area contributed by atoms with Gasteiger partial charge in [-0.05, 0) is 43.4 Å². The van der Waals surface area contributed by atoms with Crippen molar-refractivity contribution in [3.8, 4) is 0 Å². The van der Waals surface area contributed by atoms with Crippen molar-refractivity contribution in [2.45, 2.75) is 56.6 Å². The summed E-state index contributed by atoms with van der Waals surface area (Å²) in [7, 11) is -3.67. The Morgan fingerprint density at radius 3 is 2.62 bits per heavy atom. The van der Waals surface area contributed by atoms with Crippen molar-refractivity contribution in [3.05, 3.63) is 28.8 Å². The molecule has 0 heterocycles. The van der Waals surface area contributed by atoms with Crippen LogP contribution in [0.1, 0.15) is 44.6 Å². The third kappa shape index (κ3) is 4.19. The highest BCUT2D eigenvalue weighted by Crippen LogP contribution is 2.28. The zero-order valence-corrected chi connectivity index (χ0v) is 13.8. The van der Waals surface area contributed by atoms with Crippen LogP contribution in [0.25, 0.3) is 0 Å². The fourth-order valence-corrected chi connectivity index (χ4v) is 4.75. The van der Waals surface area contributed by atoms with Crippen LogP contribution >= 0.6 is 11.6 Å². The van der Waals surface area contributed by atoms with Gasteiger partial charge in [-0.15, -0.1) is 0 Å². The van der Waals surface area contributed by atoms with Crippen molar-refractivity contribution in [1.82, 2.24) is 4.72 Å². The van der Waals surface area contributed by atoms with E-state index in [0.717, 1.165) is 25.7 Å². The van der Waals surface area contributed by atoms with E-state index in [1.165, 1.54) is 18.6 Å². The van der Waals surface area contributed by atoms with Crippen molar-refractivity contribution in [2.75, 3.05) is 0 Å². The van der Waals surface area contributed by atoms with Gasteiger partial charge in [0.05, 0.1) is 11.6 Å². The Balaban J connectivity index is 2.17. The van der Waals surface area contributed by atoms with E-state index in [9.17, 15) is 8.42 Å². The third-order valence-corrected chi connectivity index (χ3v) is 6.21. The molecule has 0 radical (unpaired) electrons. The highest BCUT2D eigenvalue weighted by Gasteiger charge is 2.26. The molecule has 21 heavy (non-hydrogen) atoms. The van der Waals surface area contributed by atoms with Gasteiger partial charge < -0.3 is 5.11 Å². The van der Waals surface area contributed by atoms with Crippen LogP contribution in [0.2, 0.25) is 5.02 Å². The Hall–Kier alpha value is -0.620. The first-order valence-corrected chi connectivity index (χ1v) is 9.22. The van der Waals surface area contributed by atoms with Crippen molar-refractivity contribution in [1.29, 1.82) is 0 Å². The summed E-state index contributed by atoms with van der Waals surface area (Å²) in [6.45, 7) is 1.70. The Kier molecular flexibility index (Phi) is 5.66. The summed E-state index contributed by atoms with van der Waals surface area (Å²) in [5, 5.41) is 9.32. The maximum atomic E-state index is 12.5. The minimum Gasteiger partial charge on any atom is -0.392 e. The van der Waals surface area contributed by atoms with Crippen LogP contribution in [0.5, 0.6) is 0 Å². The molecule has 0 spiro atoms. The lowest BCUT2D eigenvalue weighted by atomic mass is 9.85. The van der Waals surface area contributed by atoms with Crippen molar-refractivity contribution >= 4 is 21.6 Å². The smallest absolute Gasteiger partial charge is 0.242 e. The maximum Gasteiger partial charge on any atom is 0.242 e. The lowest BCUT2D eigenvalue weighted by molar-refractivity contribution is 0.281. The van der Waals surface area contributed by atoms with E-state index in [1.807, 2.05) is 6.92 Å². The van der Waals surface area contributed by atoms with E-state index in [4.69, 9.17) is 16.7 Å². The van der Waals surface area contributed by atoms with Crippen LogP contribution < -0.4 is 4.72 Å². The number of sulfonamides is 1. The van der Waals surface area contributed by atoms with E-state index in [-0.39, 0.29) is 22.6 Å². The summed E-state index contributed by atoms with van der Waals surface area (Å²) in [5.41, 5.74) is 0.532. The topological polar surface area (TPSA) is 66.4 Å². The molecule has 1 fully saturated rings. The van der Waals surface area contributed by atoms with Crippen LogP contribution in [0, 0.1) is 5.92 Å². The van der Waals surface area contributed by atoms with Gasteiger partial charge in [-0.25, -0.2) is 13.1 Å². The Morgan fingerprint density at radius 1 is 1.33 bits per heavy atom. The molecule has 2 N–H and O–H groups in total. The standard InChI is InChI=1S/C15H22ClNO3S/c1-11(13-5-3-2-4-6-13)17-21(19,20)15-9-12(10-18)7-8-14(15)16/h7-9,11,13,17-18H,2-6,10H2,1H3. The quantitative estimate of drug-likeness (QED) is 0.871. The molecular weight excluding hydrogens is 310 g/mol. The van der Waals surface area contributed by atoms with Gasteiger partial charge in [0.25, 0.3) is 0 Å². The normalized spacial score (nSPS) is 18.6. The number of rotatable bonds is 5. The van der Waals surface area contributed by atoms with Gasteiger partial charge in [0.15, 0.2) is 0 Å². The molecule has 118 valence electrons. The van der Waals surface area contributed by atoms with Gasteiger partial charge in [0.1, 0.15) is 4.90 Å². The average Bonchev–Trinajstić information content (AvgIpc) is 2.48. The van der Waals surface area contributed by atoms with Gasteiger partial charge in [-0.3, -0.25) is 0 Å². The van der Waals surface area contributed by atoms with Gasteiger partial charge in [0, 0.05) is 6.04 Å². The van der Waals surface area contributed by atoms with E-state index in [1.54, 1.807) is 6.07 Å².